The minimum Gasteiger partial charge on any atom is -0.321 e. The summed E-state index contributed by atoms with van der Waals surface area (Å²) in [5.74, 6) is -1.76. The molecule has 0 aliphatic carbocycles. The summed E-state index contributed by atoms with van der Waals surface area (Å²) in [6, 6.07) is 36.3. The number of anilines is 4. The number of rotatable bonds is 10. The zero-order valence-electron chi connectivity index (χ0n) is 29.8. The Morgan fingerprint density at radius 1 is 0.500 bits per heavy atom. The van der Waals surface area contributed by atoms with E-state index >= 15 is 0 Å². The normalized spacial score (nSPS) is 11.3. The van der Waals surface area contributed by atoms with Gasteiger partial charge in [-0.25, -0.2) is 25.6 Å². The molecule has 6 N–H and O–H groups in total. The van der Waals surface area contributed by atoms with Crippen molar-refractivity contribution < 1.29 is 35.2 Å². The summed E-state index contributed by atoms with van der Waals surface area (Å²) < 4.78 is 82.1. The van der Waals surface area contributed by atoms with Crippen LogP contribution in [0.3, 0.4) is 0 Å². The molecule has 14 nitrogen and oxygen atoms in total. The van der Waals surface area contributed by atoms with Crippen molar-refractivity contribution in [2.45, 2.75) is 9.79 Å². The molecular formula is C40H30F2N8O6S2. The lowest BCUT2D eigenvalue weighted by Gasteiger charge is -2.08. The highest BCUT2D eigenvalue weighted by Gasteiger charge is 2.21. The number of benzene rings is 6. The van der Waals surface area contributed by atoms with Crippen molar-refractivity contribution in [2.75, 3.05) is 20.1 Å². The number of aromatic nitrogens is 4. The molecular weight excluding hydrogens is 791 g/mol. The Morgan fingerprint density at radius 2 is 1.00 bits per heavy atom. The van der Waals surface area contributed by atoms with Crippen LogP contribution in [0.25, 0.3) is 21.8 Å². The maximum Gasteiger partial charge on any atom is 0.276 e. The van der Waals surface area contributed by atoms with Crippen LogP contribution in [0.15, 0.2) is 155 Å². The minimum absolute atomic E-state index is 0.0501. The van der Waals surface area contributed by atoms with Gasteiger partial charge in [0, 0.05) is 22.0 Å². The van der Waals surface area contributed by atoms with E-state index in [4.69, 9.17) is 0 Å². The molecule has 58 heavy (non-hydrogen) atoms. The molecule has 292 valence electrons. The molecule has 0 saturated carbocycles. The maximum absolute atomic E-state index is 13.3. The molecule has 0 radical (unpaired) electrons. The van der Waals surface area contributed by atoms with Gasteiger partial charge in [0.05, 0.1) is 32.2 Å². The van der Waals surface area contributed by atoms with E-state index in [0.29, 0.717) is 33.1 Å². The van der Waals surface area contributed by atoms with Crippen molar-refractivity contribution in [1.29, 1.82) is 0 Å². The van der Waals surface area contributed by atoms with E-state index in [1.807, 2.05) is 6.07 Å². The smallest absolute Gasteiger partial charge is 0.276 e. The largest absolute Gasteiger partial charge is 0.321 e. The summed E-state index contributed by atoms with van der Waals surface area (Å²) in [5, 5.41) is 19.7. The van der Waals surface area contributed by atoms with Crippen molar-refractivity contribution in [3.8, 4) is 0 Å². The topological polar surface area (TPSA) is 208 Å². The number of H-pyrrole nitrogens is 2. The molecule has 0 saturated heterocycles. The summed E-state index contributed by atoms with van der Waals surface area (Å²) in [5.41, 5.74) is 2.36. The van der Waals surface area contributed by atoms with Gasteiger partial charge in [-0.1, -0.05) is 48.5 Å². The highest BCUT2D eigenvalue weighted by atomic mass is 32.2. The number of nitrogens with one attached hydrogen (secondary N) is 6. The summed E-state index contributed by atoms with van der Waals surface area (Å²) in [4.78, 5) is 24.8. The van der Waals surface area contributed by atoms with Crippen molar-refractivity contribution in [1.82, 2.24) is 20.4 Å². The molecule has 18 heteroatoms. The number of carbonyl (C=O) groups is 2. The molecule has 0 fully saturated rings. The number of amides is 2. The Bertz CT molecular complexity index is 3020. The number of sulfonamides is 2. The molecule has 2 amide bonds. The molecule has 6 aromatic carbocycles. The van der Waals surface area contributed by atoms with E-state index in [1.165, 1.54) is 66.7 Å². The van der Waals surface area contributed by atoms with Crippen molar-refractivity contribution in [3.63, 3.8) is 0 Å². The van der Waals surface area contributed by atoms with Crippen LogP contribution in [-0.2, 0) is 20.0 Å². The predicted molar refractivity (Wildman–Crippen MR) is 215 cm³/mol. The highest BCUT2D eigenvalue weighted by Crippen LogP contribution is 2.27. The second-order valence-electron chi connectivity index (χ2n) is 12.4. The lowest BCUT2D eigenvalue weighted by Crippen LogP contribution is -2.14. The number of carbonyl (C=O) groups excluding carboxylic acids is 2. The van der Waals surface area contributed by atoms with Gasteiger partial charge in [0.1, 0.15) is 11.6 Å². The fraction of sp³-hybridized carbons (Fsp3) is 0. The zero-order valence-corrected chi connectivity index (χ0v) is 31.4. The van der Waals surface area contributed by atoms with Crippen LogP contribution in [0, 0.1) is 11.6 Å². The van der Waals surface area contributed by atoms with Crippen molar-refractivity contribution >= 4 is 76.5 Å². The first-order valence-electron chi connectivity index (χ1n) is 17.1. The van der Waals surface area contributed by atoms with Gasteiger partial charge in [-0.3, -0.25) is 29.2 Å². The Hall–Kier alpha value is -7.44. The summed E-state index contributed by atoms with van der Waals surface area (Å²) >= 11 is 0. The third kappa shape index (κ3) is 8.99. The number of fused-ring (bicyclic) bond motifs is 2. The fourth-order valence-electron chi connectivity index (χ4n) is 5.60. The average Bonchev–Trinajstić information content (AvgIpc) is 3.82. The van der Waals surface area contributed by atoms with E-state index in [2.05, 4.69) is 40.5 Å². The van der Waals surface area contributed by atoms with E-state index in [-0.39, 0.29) is 38.6 Å². The van der Waals surface area contributed by atoms with Gasteiger partial charge in [0.2, 0.25) is 0 Å². The number of hydrogen-bond donors (Lipinski definition) is 6. The van der Waals surface area contributed by atoms with Gasteiger partial charge in [-0.2, -0.15) is 10.2 Å². The number of halogens is 2. The first-order valence-corrected chi connectivity index (χ1v) is 20.1. The molecule has 0 aliphatic heterocycles. The van der Waals surface area contributed by atoms with Crippen LogP contribution in [0.2, 0.25) is 0 Å². The molecule has 8 aromatic rings. The van der Waals surface area contributed by atoms with Crippen LogP contribution in [-0.4, -0.2) is 49.0 Å². The third-order valence-electron chi connectivity index (χ3n) is 8.36. The minimum atomic E-state index is -3.99. The molecule has 0 atom stereocenters. The van der Waals surface area contributed by atoms with Gasteiger partial charge >= 0.3 is 0 Å². The lowest BCUT2D eigenvalue weighted by molar-refractivity contribution is 0.101. The molecule has 0 bridgehead atoms. The summed E-state index contributed by atoms with van der Waals surface area (Å²) in [6.45, 7) is 0. The zero-order chi connectivity index (χ0) is 40.9. The number of para-hydroxylation sites is 1. The second-order valence-corrected chi connectivity index (χ2v) is 15.8. The van der Waals surface area contributed by atoms with Crippen LogP contribution in [0.4, 0.5) is 31.7 Å². The maximum atomic E-state index is 13.3. The number of nitrogens with zero attached hydrogens (tertiary/aromatic N) is 2. The van der Waals surface area contributed by atoms with E-state index in [0.717, 1.165) is 12.1 Å². The molecule has 8 rings (SSSR count). The van der Waals surface area contributed by atoms with Gasteiger partial charge in [0.25, 0.3) is 31.9 Å². The summed E-state index contributed by atoms with van der Waals surface area (Å²) in [6.07, 6.45) is 0. The quantitative estimate of drug-likeness (QED) is 0.0812. The van der Waals surface area contributed by atoms with Crippen molar-refractivity contribution in [2.24, 2.45) is 0 Å². The SMILES string of the molecule is O=C(Nc1ccccc1)c1n[nH]c2ccc(S(=O)(=O)Nc3cccc(F)c3)cc12.O=C(Nc1n[nH]c2ccc(S(=O)(=O)Nc3cccc(F)c3)cc12)c1ccccc1. The van der Waals surface area contributed by atoms with E-state index in [1.54, 1.807) is 60.7 Å². The van der Waals surface area contributed by atoms with Gasteiger partial charge in [-0.05, 0) is 97.1 Å². The van der Waals surface area contributed by atoms with E-state index < -0.39 is 37.6 Å². The lowest BCUT2D eigenvalue weighted by atomic mass is 10.2. The van der Waals surface area contributed by atoms with Crippen molar-refractivity contribution in [3.05, 3.63) is 168 Å². The van der Waals surface area contributed by atoms with Crippen LogP contribution >= 0.6 is 0 Å². The first-order chi connectivity index (χ1) is 27.8. The monoisotopic (exact) mass is 820 g/mol. The molecule has 0 unspecified atom stereocenters. The Morgan fingerprint density at radius 3 is 1.57 bits per heavy atom. The number of aromatic amines is 2. The second kappa shape index (κ2) is 16.3. The predicted octanol–water partition coefficient (Wildman–Crippen LogP) is 7.51. The van der Waals surface area contributed by atoms with Gasteiger partial charge in [-0.15, -0.1) is 0 Å². The molecule has 0 aliphatic rings. The summed E-state index contributed by atoms with van der Waals surface area (Å²) in [7, 11) is -7.96. The highest BCUT2D eigenvalue weighted by molar-refractivity contribution is 7.93. The standard InChI is InChI=1S/2C20H15FN4O3S/c21-13-5-4-8-15(11-13)25-29(27,28)16-9-10-18-17(12-16)19(24-23-18)20(26)22-14-6-2-1-3-7-14;21-14-7-4-8-15(11-14)25-29(27,28)16-9-10-18-17(12-16)19(24-23-18)22-20(26)13-5-2-1-3-6-13/h1-12,25H,(H,22,26)(H,23,24);1-12,25H,(H2,22,23,24,26). The molecule has 2 heterocycles. The Labute approximate surface area is 329 Å². The fourth-order valence-corrected chi connectivity index (χ4v) is 7.75. The van der Waals surface area contributed by atoms with Gasteiger partial charge in [0.15, 0.2) is 11.5 Å². The Balaban J connectivity index is 0.000000177. The van der Waals surface area contributed by atoms with Gasteiger partial charge < -0.3 is 10.6 Å². The van der Waals surface area contributed by atoms with Crippen LogP contribution in [0.1, 0.15) is 20.8 Å². The van der Waals surface area contributed by atoms with Crippen LogP contribution in [0.5, 0.6) is 0 Å². The molecule has 2 aromatic heterocycles. The average molecular weight is 821 g/mol. The third-order valence-corrected chi connectivity index (χ3v) is 11.1. The number of hydrogen-bond acceptors (Lipinski definition) is 8. The Kier molecular flexibility index (Phi) is 10.9. The van der Waals surface area contributed by atoms with E-state index in [9.17, 15) is 35.2 Å². The first kappa shape index (κ1) is 38.8. The van der Waals surface area contributed by atoms with Crippen LogP contribution < -0.4 is 20.1 Å². The molecule has 0 spiro atoms.